The Bertz CT molecular complexity index is 993. The number of hydrogen-bond donors (Lipinski definition) is 1. The fraction of sp³-hybridized carbons (Fsp3) is 0.480. The Balaban J connectivity index is 2.12. The van der Waals surface area contributed by atoms with Gasteiger partial charge in [-0.05, 0) is 37.0 Å². The van der Waals surface area contributed by atoms with Crippen molar-refractivity contribution in [3.63, 3.8) is 0 Å². The van der Waals surface area contributed by atoms with Gasteiger partial charge >= 0.3 is 11.9 Å². The first kappa shape index (κ1) is 24.5. The zero-order chi connectivity index (χ0) is 24.3. The number of nitrogens with zero attached hydrogens (tertiary/aromatic N) is 1. The minimum atomic E-state index is -0.914. The van der Waals surface area contributed by atoms with Gasteiger partial charge in [0.25, 0.3) is 0 Å². The second-order valence-electron chi connectivity index (χ2n) is 8.65. The molecule has 1 aromatic rings. The largest absolute Gasteiger partial charge is 0.468 e. The highest BCUT2D eigenvalue weighted by Crippen LogP contribution is 2.45. The fourth-order valence-corrected chi connectivity index (χ4v) is 4.54. The summed E-state index contributed by atoms with van der Waals surface area (Å²) in [6, 6.07) is 7.69. The number of nitrogens with one attached hydrogen (secondary N) is 1. The molecule has 8 nitrogen and oxygen atoms in total. The maximum absolute atomic E-state index is 13.7. The first-order valence-corrected chi connectivity index (χ1v) is 11.0. The summed E-state index contributed by atoms with van der Waals surface area (Å²) in [4.78, 5) is 41.3. The summed E-state index contributed by atoms with van der Waals surface area (Å²) in [5.41, 5.74) is 3.91. The van der Waals surface area contributed by atoms with Crippen molar-refractivity contribution >= 4 is 23.4 Å². The topological polar surface area (TPSA) is 94.2 Å². The summed E-state index contributed by atoms with van der Waals surface area (Å²) in [5.74, 6) is -3.19. The van der Waals surface area contributed by atoms with E-state index in [9.17, 15) is 14.4 Å². The van der Waals surface area contributed by atoms with E-state index in [0.29, 0.717) is 23.3 Å². The lowest BCUT2D eigenvalue weighted by Gasteiger charge is -2.38. The van der Waals surface area contributed by atoms with Crippen LogP contribution >= 0.6 is 0 Å². The van der Waals surface area contributed by atoms with Crippen molar-refractivity contribution < 1.29 is 28.6 Å². The SMILES string of the molecule is COCCOC(=O)C1=C(C)NC2=C(C(=O)[C@H](C(=O)OC)[C@@H](C)C2)[C@H]1c1ccc(N(C)C)cc1. The van der Waals surface area contributed by atoms with E-state index in [1.54, 1.807) is 6.92 Å². The van der Waals surface area contributed by atoms with Gasteiger partial charge in [0.1, 0.15) is 12.5 Å². The molecule has 3 atom stereocenters. The molecule has 1 aliphatic heterocycles. The molecule has 0 fully saturated rings. The molecular formula is C25H32N2O6. The van der Waals surface area contributed by atoms with Crippen LogP contribution in [0.3, 0.4) is 0 Å². The number of esters is 2. The Morgan fingerprint density at radius 1 is 1.12 bits per heavy atom. The van der Waals surface area contributed by atoms with Crippen LogP contribution in [0.25, 0.3) is 0 Å². The van der Waals surface area contributed by atoms with Gasteiger partial charge < -0.3 is 24.4 Å². The third-order valence-electron chi connectivity index (χ3n) is 6.23. The van der Waals surface area contributed by atoms with Gasteiger partial charge in [-0.25, -0.2) is 4.79 Å². The van der Waals surface area contributed by atoms with Crippen LogP contribution in [-0.4, -0.2) is 59.3 Å². The van der Waals surface area contributed by atoms with Crippen molar-refractivity contribution in [2.75, 3.05) is 46.4 Å². The van der Waals surface area contributed by atoms with E-state index in [1.165, 1.54) is 14.2 Å². The molecule has 0 bridgehead atoms. The molecule has 1 heterocycles. The summed E-state index contributed by atoms with van der Waals surface area (Å²) < 4.78 is 15.4. The quantitative estimate of drug-likeness (QED) is 0.380. The molecule has 0 saturated carbocycles. The summed E-state index contributed by atoms with van der Waals surface area (Å²) in [7, 11) is 6.69. The van der Waals surface area contributed by atoms with Gasteiger partial charge in [-0.15, -0.1) is 0 Å². The predicted octanol–water partition coefficient (Wildman–Crippen LogP) is 2.56. The standard InChI is InChI=1S/C25H32N2O6/c1-14-13-18-22(23(28)19(14)24(29)32-6)21(16-7-9-17(10-8-16)27(3)4)20(15(2)26-18)25(30)33-12-11-31-5/h7-10,14,19,21,26H,11-13H2,1-6H3/t14-,19+,21-/m0/s1. The van der Waals surface area contributed by atoms with E-state index in [0.717, 1.165) is 16.9 Å². The van der Waals surface area contributed by atoms with E-state index in [-0.39, 0.29) is 24.9 Å². The lowest BCUT2D eigenvalue weighted by atomic mass is 9.69. The molecule has 1 aromatic carbocycles. The number of ether oxygens (including phenoxy) is 3. The summed E-state index contributed by atoms with van der Waals surface area (Å²) in [6.45, 7) is 4.03. The molecule has 1 aliphatic carbocycles. The number of Topliss-reactive ketones (excluding diaryl/α,β-unsaturated/α-hetero) is 1. The van der Waals surface area contributed by atoms with E-state index in [2.05, 4.69) is 5.32 Å². The molecule has 0 aromatic heterocycles. The van der Waals surface area contributed by atoms with E-state index < -0.39 is 23.8 Å². The number of methoxy groups -OCH3 is 2. The minimum Gasteiger partial charge on any atom is -0.468 e. The van der Waals surface area contributed by atoms with Gasteiger partial charge in [0.15, 0.2) is 5.78 Å². The first-order valence-electron chi connectivity index (χ1n) is 11.0. The molecule has 0 saturated heterocycles. The van der Waals surface area contributed by atoms with Gasteiger partial charge in [-0.3, -0.25) is 9.59 Å². The second kappa shape index (κ2) is 10.2. The molecule has 0 spiro atoms. The van der Waals surface area contributed by atoms with E-state index in [4.69, 9.17) is 14.2 Å². The molecule has 0 radical (unpaired) electrons. The highest BCUT2D eigenvalue weighted by Gasteiger charge is 2.47. The molecule has 8 heteroatoms. The second-order valence-corrected chi connectivity index (χ2v) is 8.65. The van der Waals surface area contributed by atoms with Crippen LogP contribution in [-0.2, 0) is 28.6 Å². The number of hydrogen-bond acceptors (Lipinski definition) is 8. The normalized spacial score (nSPS) is 22.5. The maximum atomic E-state index is 13.7. The van der Waals surface area contributed by atoms with Crippen LogP contribution in [0.2, 0.25) is 0 Å². The van der Waals surface area contributed by atoms with E-state index >= 15 is 0 Å². The van der Waals surface area contributed by atoms with E-state index in [1.807, 2.05) is 50.2 Å². The maximum Gasteiger partial charge on any atom is 0.336 e. The van der Waals surface area contributed by atoms with Crippen molar-refractivity contribution in [2.45, 2.75) is 26.2 Å². The zero-order valence-corrected chi connectivity index (χ0v) is 20.1. The molecule has 0 amide bonds. The van der Waals surface area contributed by atoms with Crippen LogP contribution < -0.4 is 10.2 Å². The number of ketones is 1. The monoisotopic (exact) mass is 456 g/mol. The van der Waals surface area contributed by atoms with Gasteiger partial charge in [-0.1, -0.05) is 19.1 Å². The Morgan fingerprint density at radius 2 is 1.79 bits per heavy atom. The molecule has 33 heavy (non-hydrogen) atoms. The smallest absolute Gasteiger partial charge is 0.336 e. The predicted molar refractivity (Wildman–Crippen MR) is 124 cm³/mol. The number of dihydropyridines is 1. The lowest BCUT2D eigenvalue weighted by Crippen LogP contribution is -2.43. The van der Waals surface area contributed by atoms with Crippen molar-refractivity contribution in [1.29, 1.82) is 0 Å². The molecular weight excluding hydrogens is 424 g/mol. The van der Waals surface area contributed by atoms with Gasteiger partial charge in [0.2, 0.25) is 0 Å². The lowest BCUT2D eigenvalue weighted by molar-refractivity contribution is -0.151. The highest BCUT2D eigenvalue weighted by molar-refractivity contribution is 6.12. The number of rotatable bonds is 7. The number of benzene rings is 1. The van der Waals surface area contributed by atoms with Crippen LogP contribution in [0.5, 0.6) is 0 Å². The third kappa shape index (κ3) is 4.80. The molecule has 0 unspecified atom stereocenters. The Morgan fingerprint density at radius 3 is 2.36 bits per heavy atom. The molecule has 1 N–H and O–H groups in total. The van der Waals surface area contributed by atoms with Crippen molar-refractivity contribution in [1.82, 2.24) is 5.32 Å². The zero-order valence-electron chi connectivity index (χ0n) is 20.1. The summed E-state index contributed by atoms with van der Waals surface area (Å²) >= 11 is 0. The van der Waals surface area contributed by atoms with Gasteiger partial charge in [0, 0.05) is 49.8 Å². The molecule has 178 valence electrons. The summed E-state index contributed by atoms with van der Waals surface area (Å²) in [5, 5.41) is 3.25. The Hall–Kier alpha value is -3.13. The van der Waals surface area contributed by atoms with Crippen LogP contribution in [0.4, 0.5) is 5.69 Å². The van der Waals surface area contributed by atoms with Crippen molar-refractivity contribution in [2.24, 2.45) is 11.8 Å². The number of allylic oxidation sites excluding steroid dienone is 3. The average Bonchev–Trinajstić information content (AvgIpc) is 2.78. The Labute approximate surface area is 194 Å². The van der Waals surface area contributed by atoms with Crippen molar-refractivity contribution in [3.8, 4) is 0 Å². The van der Waals surface area contributed by atoms with Crippen LogP contribution in [0.1, 0.15) is 31.7 Å². The van der Waals surface area contributed by atoms with Gasteiger partial charge in [-0.2, -0.15) is 0 Å². The fourth-order valence-electron chi connectivity index (χ4n) is 4.54. The highest BCUT2D eigenvalue weighted by atomic mass is 16.6. The average molecular weight is 457 g/mol. The Kier molecular flexibility index (Phi) is 7.58. The third-order valence-corrected chi connectivity index (χ3v) is 6.23. The first-order chi connectivity index (χ1) is 15.7. The van der Waals surface area contributed by atoms with Crippen LogP contribution in [0.15, 0.2) is 46.8 Å². The minimum absolute atomic E-state index is 0.0973. The summed E-state index contributed by atoms with van der Waals surface area (Å²) in [6.07, 6.45) is 0.496. The van der Waals surface area contributed by atoms with Crippen molar-refractivity contribution in [3.05, 3.63) is 52.4 Å². The number of carbonyl (C=O) groups excluding carboxylic acids is 3. The van der Waals surface area contributed by atoms with Gasteiger partial charge in [0.05, 0.1) is 19.3 Å². The number of anilines is 1. The molecule has 2 aliphatic rings. The number of carbonyl (C=O) groups is 3. The molecule has 3 rings (SSSR count). The van der Waals surface area contributed by atoms with Crippen LogP contribution in [0, 0.1) is 11.8 Å².